The highest BCUT2D eigenvalue weighted by atomic mass is 16.3. The van der Waals surface area contributed by atoms with Crippen molar-refractivity contribution in [1.82, 2.24) is 4.90 Å². The highest BCUT2D eigenvalue weighted by Gasteiger charge is 2.50. The van der Waals surface area contributed by atoms with Gasteiger partial charge in [-0.15, -0.1) is 0 Å². The Labute approximate surface area is 146 Å². The van der Waals surface area contributed by atoms with Crippen molar-refractivity contribution in [2.45, 2.75) is 51.6 Å². The first-order valence-electron chi connectivity index (χ1n) is 9.23. The van der Waals surface area contributed by atoms with E-state index in [1.54, 1.807) is 0 Å². The van der Waals surface area contributed by atoms with E-state index in [0.29, 0.717) is 13.1 Å². The van der Waals surface area contributed by atoms with Gasteiger partial charge >= 0.3 is 0 Å². The SMILES string of the molecule is CCN(CC#C[C@](O)(c1ccccc1)C1(CC)CCCC1)CCO. The molecule has 1 aromatic rings. The highest BCUT2D eigenvalue weighted by molar-refractivity contribution is 5.36. The van der Waals surface area contributed by atoms with Crippen LogP contribution in [0.3, 0.4) is 0 Å². The van der Waals surface area contributed by atoms with Gasteiger partial charge in [0.15, 0.2) is 5.60 Å². The zero-order valence-electron chi connectivity index (χ0n) is 15.1. The molecule has 0 unspecified atom stereocenters. The normalized spacial score (nSPS) is 18.9. The lowest BCUT2D eigenvalue weighted by Gasteiger charge is -2.42. The van der Waals surface area contributed by atoms with E-state index < -0.39 is 5.60 Å². The van der Waals surface area contributed by atoms with Gasteiger partial charge in [-0.05, 0) is 31.4 Å². The van der Waals surface area contributed by atoms with Crippen LogP contribution in [0.15, 0.2) is 30.3 Å². The summed E-state index contributed by atoms with van der Waals surface area (Å²) in [6.45, 7) is 6.41. The minimum atomic E-state index is -1.10. The molecule has 0 amide bonds. The number of hydrogen-bond acceptors (Lipinski definition) is 3. The zero-order chi connectivity index (χ0) is 17.5. The third kappa shape index (κ3) is 3.83. The van der Waals surface area contributed by atoms with Crippen LogP contribution in [0, 0.1) is 17.3 Å². The van der Waals surface area contributed by atoms with Crippen LogP contribution in [0.2, 0.25) is 0 Å². The maximum absolute atomic E-state index is 11.7. The van der Waals surface area contributed by atoms with Crippen molar-refractivity contribution in [3.05, 3.63) is 35.9 Å². The van der Waals surface area contributed by atoms with Crippen molar-refractivity contribution in [3.63, 3.8) is 0 Å². The van der Waals surface area contributed by atoms with Gasteiger partial charge in [-0.2, -0.15) is 0 Å². The van der Waals surface area contributed by atoms with Gasteiger partial charge in [0.2, 0.25) is 0 Å². The minimum absolute atomic E-state index is 0.136. The quantitative estimate of drug-likeness (QED) is 0.755. The third-order valence-corrected chi connectivity index (χ3v) is 5.63. The van der Waals surface area contributed by atoms with Gasteiger partial charge in [0.05, 0.1) is 13.2 Å². The van der Waals surface area contributed by atoms with Crippen LogP contribution in [0.5, 0.6) is 0 Å². The van der Waals surface area contributed by atoms with Crippen LogP contribution < -0.4 is 0 Å². The monoisotopic (exact) mass is 329 g/mol. The summed E-state index contributed by atoms with van der Waals surface area (Å²) in [6.07, 6.45) is 5.31. The highest BCUT2D eigenvalue weighted by Crippen LogP contribution is 2.53. The zero-order valence-corrected chi connectivity index (χ0v) is 15.1. The molecule has 0 radical (unpaired) electrons. The van der Waals surface area contributed by atoms with Crippen LogP contribution in [0.25, 0.3) is 0 Å². The average Bonchev–Trinajstić information content (AvgIpc) is 3.12. The second-order valence-corrected chi connectivity index (χ2v) is 6.81. The van der Waals surface area contributed by atoms with Crippen LogP contribution >= 0.6 is 0 Å². The lowest BCUT2D eigenvalue weighted by molar-refractivity contribution is -0.0422. The average molecular weight is 329 g/mol. The van der Waals surface area contributed by atoms with Gasteiger partial charge in [0, 0.05) is 12.0 Å². The lowest BCUT2D eigenvalue weighted by atomic mass is 9.65. The Morgan fingerprint density at radius 1 is 1.17 bits per heavy atom. The van der Waals surface area contributed by atoms with Crippen LogP contribution in [-0.4, -0.2) is 41.4 Å². The van der Waals surface area contributed by atoms with Crippen LogP contribution in [-0.2, 0) is 5.60 Å². The topological polar surface area (TPSA) is 43.7 Å². The molecule has 24 heavy (non-hydrogen) atoms. The van der Waals surface area contributed by atoms with Crippen molar-refractivity contribution < 1.29 is 10.2 Å². The largest absolute Gasteiger partial charge is 0.395 e. The molecule has 2 rings (SSSR count). The first-order chi connectivity index (χ1) is 11.6. The van der Waals surface area contributed by atoms with E-state index in [1.807, 2.05) is 30.3 Å². The smallest absolute Gasteiger partial charge is 0.156 e. The van der Waals surface area contributed by atoms with Gasteiger partial charge in [0.25, 0.3) is 0 Å². The predicted molar refractivity (Wildman–Crippen MR) is 98.5 cm³/mol. The summed E-state index contributed by atoms with van der Waals surface area (Å²) in [5.74, 6) is 6.46. The van der Waals surface area contributed by atoms with Gasteiger partial charge in [-0.1, -0.05) is 68.9 Å². The van der Waals surface area contributed by atoms with Crippen LogP contribution in [0.1, 0.15) is 51.5 Å². The number of rotatable bonds is 7. The van der Waals surface area contributed by atoms with E-state index in [4.69, 9.17) is 5.11 Å². The summed E-state index contributed by atoms with van der Waals surface area (Å²) in [7, 11) is 0. The third-order valence-electron chi connectivity index (χ3n) is 5.63. The van der Waals surface area contributed by atoms with Gasteiger partial charge < -0.3 is 10.2 Å². The molecule has 3 heteroatoms. The molecule has 0 aliphatic heterocycles. The molecule has 0 saturated heterocycles. The Morgan fingerprint density at radius 2 is 1.83 bits per heavy atom. The molecular formula is C21H31NO2. The van der Waals surface area contributed by atoms with E-state index in [2.05, 4.69) is 30.6 Å². The predicted octanol–water partition coefficient (Wildman–Crippen LogP) is 3.16. The Bertz CT molecular complexity index is 554. The Morgan fingerprint density at radius 3 is 2.38 bits per heavy atom. The molecule has 1 aromatic carbocycles. The molecule has 2 N–H and O–H groups in total. The number of likely N-dealkylation sites (N-methyl/N-ethyl adjacent to an activating group) is 1. The summed E-state index contributed by atoms with van der Waals surface area (Å²) >= 11 is 0. The molecule has 0 bridgehead atoms. The summed E-state index contributed by atoms with van der Waals surface area (Å²) < 4.78 is 0. The minimum Gasteiger partial charge on any atom is -0.395 e. The lowest BCUT2D eigenvalue weighted by Crippen LogP contribution is -2.43. The number of aliphatic hydroxyl groups excluding tert-OH is 1. The summed E-state index contributed by atoms with van der Waals surface area (Å²) in [6, 6.07) is 9.92. The Hall–Kier alpha value is -1.34. The molecular weight excluding hydrogens is 298 g/mol. The fourth-order valence-corrected chi connectivity index (χ4v) is 3.98. The molecule has 3 nitrogen and oxygen atoms in total. The van der Waals surface area contributed by atoms with Gasteiger partial charge in [-0.3, -0.25) is 4.90 Å². The van der Waals surface area contributed by atoms with Crippen molar-refractivity contribution in [1.29, 1.82) is 0 Å². The van der Waals surface area contributed by atoms with Crippen molar-refractivity contribution >= 4 is 0 Å². The molecule has 0 heterocycles. The number of hydrogen-bond donors (Lipinski definition) is 2. The number of aliphatic hydroxyl groups is 2. The Balaban J connectivity index is 2.34. The number of nitrogens with zero attached hydrogens (tertiary/aromatic N) is 1. The molecule has 1 atom stereocenters. The van der Waals surface area contributed by atoms with Gasteiger partial charge in [0.1, 0.15) is 0 Å². The second-order valence-electron chi connectivity index (χ2n) is 6.81. The Kier molecular flexibility index (Phi) is 6.86. The first kappa shape index (κ1) is 19.0. The summed E-state index contributed by atoms with van der Waals surface area (Å²) in [5, 5.41) is 20.8. The molecule has 132 valence electrons. The summed E-state index contributed by atoms with van der Waals surface area (Å²) in [5.41, 5.74) is -0.348. The van der Waals surface area contributed by atoms with Gasteiger partial charge in [-0.25, -0.2) is 0 Å². The van der Waals surface area contributed by atoms with Crippen molar-refractivity contribution in [2.24, 2.45) is 5.41 Å². The maximum atomic E-state index is 11.7. The first-order valence-corrected chi connectivity index (χ1v) is 9.23. The molecule has 1 fully saturated rings. The standard InChI is InChI=1S/C21H31NO2/c1-3-20(13-8-9-14-20)21(24,19-11-6-5-7-12-19)15-10-16-22(4-2)17-18-23/h5-7,11-12,23-24H,3-4,8-9,13-14,16-18H2,1-2H3/t21-/m0/s1. The second kappa shape index (κ2) is 8.67. The van der Waals surface area contributed by atoms with E-state index in [1.165, 1.54) is 0 Å². The molecule has 1 aliphatic rings. The number of benzene rings is 1. The van der Waals surface area contributed by atoms with Crippen molar-refractivity contribution in [2.75, 3.05) is 26.2 Å². The van der Waals surface area contributed by atoms with E-state index in [-0.39, 0.29) is 12.0 Å². The van der Waals surface area contributed by atoms with Crippen molar-refractivity contribution in [3.8, 4) is 11.8 Å². The molecule has 0 aromatic heterocycles. The maximum Gasteiger partial charge on any atom is 0.156 e. The van der Waals surface area contributed by atoms with Crippen LogP contribution in [0.4, 0.5) is 0 Å². The molecule has 0 spiro atoms. The van der Waals surface area contributed by atoms with E-state index in [9.17, 15) is 5.11 Å². The summed E-state index contributed by atoms with van der Waals surface area (Å²) in [4.78, 5) is 2.09. The van der Waals surface area contributed by atoms with E-state index >= 15 is 0 Å². The molecule has 1 saturated carbocycles. The fraction of sp³-hybridized carbons (Fsp3) is 0.619. The van der Waals surface area contributed by atoms with E-state index in [0.717, 1.165) is 44.2 Å². The molecule has 1 aliphatic carbocycles. The fourth-order valence-electron chi connectivity index (χ4n) is 3.98.